The highest BCUT2D eigenvalue weighted by Gasteiger charge is 2.23. The topological polar surface area (TPSA) is 63.9 Å². The lowest BCUT2D eigenvalue weighted by Crippen LogP contribution is -2.44. The summed E-state index contributed by atoms with van der Waals surface area (Å²) in [7, 11) is 0. The quantitative estimate of drug-likeness (QED) is 0.389. The van der Waals surface area contributed by atoms with Crippen molar-refractivity contribution in [1.29, 1.82) is 0 Å². The maximum Gasteiger partial charge on any atom is 0.152 e. The van der Waals surface area contributed by atoms with Crippen molar-refractivity contribution in [3.8, 4) is 0 Å². The van der Waals surface area contributed by atoms with Crippen LogP contribution in [0.25, 0.3) is 0 Å². The van der Waals surface area contributed by atoms with Crippen molar-refractivity contribution in [2.75, 3.05) is 94.1 Å². The number of fused-ring (bicyclic) bond motifs is 1. The van der Waals surface area contributed by atoms with E-state index >= 15 is 0 Å². The molecule has 7 nitrogen and oxygen atoms in total. The Labute approximate surface area is 214 Å². The zero-order valence-electron chi connectivity index (χ0n) is 22.2. The molecule has 0 aromatic carbocycles. The van der Waals surface area contributed by atoms with Gasteiger partial charge in [-0.15, -0.1) is 0 Å². The summed E-state index contributed by atoms with van der Waals surface area (Å²) < 4.78 is 0. The summed E-state index contributed by atoms with van der Waals surface area (Å²) in [6.45, 7) is 14.2. The molecule has 0 spiro atoms. The van der Waals surface area contributed by atoms with Crippen LogP contribution in [0, 0.1) is 0 Å². The Balaban J connectivity index is 1.13. The molecule has 0 bridgehead atoms. The van der Waals surface area contributed by atoms with Gasteiger partial charge < -0.3 is 30.7 Å². The van der Waals surface area contributed by atoms with Gasteiger partial charge in [-0.2, -0.15) is 0 Å². The van der Waals surface area contributed by atoms with E-state index in [0.717, 1.165) is 50.8 Å². The van der Waals surface area contributed by atoms with Crippen molar-refractivity contribution < 1.29 is 0 Å². The van der Waals surface area contributed by atoms with Gasteiger partial charge in [-0.25, -0.2) is 4.98 Å². The Morgan fingerprint density at radius 3 is 2.00 bits per heavy atom. The van der Waals surface area contributed by atoms with Gasteiger partial charge in [0.05, 0.1) is 17.6 Å². The zero-order valence-corrected chi connectivity index (χ0v) is 22.2. The summed E-state index contributed by atoms with van der Waals surface area (Å²) in [5.41, 5.74) is 8.15. The number of piperidine rings is 2. The fourth-order valence-corrected chi connectivity index (χ4v) is 5.98. The first-order chi connectivity index (χ1) is 17.3. The monoisotopic (exact) mass is 485 g/mol. The van der Waals surface area contributed by atoms with E-state index in [9.17, 15) is 0 Å². The molecule has 3 aliphatic heterocycles. The number of likely N-dealkylation sites (tertiary alicyclic amines) is 2. The predicted octanol–water partition coefficient (Wildman–Crippen LogP) is 3.80. The lowest BCUT2D eigenvalue weighted by atomic mass is 10.1. The van der Waals surface area contributed by atoms with E-state index in [-0.39, 0.29) is 0 Å². The molecule has 4 rings (SSSR count). The van der Waals surface area contributed by atoms with Gasteiger partial charge in [0, 0.05) is 32.7 Å². The summed E-state index contributed by atoms with van der Waals surface area (Å²) in [5.74, 6) is 1.12. The standard InChI is InChI=1S/C28H51N7/c29-26-24-27-28(31-25-26)35(21-13-30-12-11-19-33-17-8-4-9-18-33)23-22-34(27)20-10-2-1-5-14-32-15-6-3-7-16-32/h24-25,30H,1-23,29H2. The van der Waals surface area contributed by atoms with Gasteiger partial charge in [-0.3, -0.25) is 0 Å². The highest BCUT2D eigenvalue weighted by molar-refractivity contribution is 5.72. The molecule has 1 aromatic heterocycles. The molecule has 2 fully saturated rings. The average molecular weight is 486 g/mol. The van der Waals surface area contributed by atoms with Crippen molar-refractivity contribution in [2.45, 2.75) is 70.6 Å². The average Bonchev–Trinajstić information content (AvgIpc) is 2.90. The van der Waals surface area contributed by atoms with Crippen LogP contribution in [0.15, 0.2) is 12.3 Å². The first-order valence-electron chi connectivity index (χ1n) is 14.7. The van der Waals surface area contributed by atoms with Crippen molar-refractivity contribution in [1.82, 2.24) is 20.1 Å². The maximum absolute atomic E-state index is 6.14. The maximum atomic E-state index is 6.14. The Kier molecular flexibility index (Phi) is 11.2. The summed E-state index contributed by atoms with van der Waals surface area (Å²) in [6, 6.07) is 2.14. The fourth-order valence-electron chi connectivity index (χ4n) is 5.98. The smallest absolute Gasteiger partial charge is 0.152 e. The number of nitrogens with zero attached hydrogens (tertiary/aromatic N) is 5. The molecule has 0 amide bonds. The molecule has 35 heavy (non-hydrogen) atoms. The Hall–Kier alpha value is -1.57. The van der Waals surface area contributed by atoms with Crippen LogP contribution in [0.3, 0.4) is 0 Å². The lowest BCUT2D eigenvalue weighted by Gasteiger charge is -2.38. The number of hydrogen-bond donors (Lipinski definition) is 2. The second-order valence-corrected chi connectivity index (χ2v) is 10.9. The molecule has 0 atom stereocenters. The number of anilines is 3. The van der Waals surface area contributed by atoms with Gasteiger partial charge in [-0.05, 0) is 96.8 Å². The van der Waals surface area contributed by atoms with Crippen LogP contribution in [-0.4, -0.2) is 93.3 Å². The lowest BCUT2D eigenvalue weighted by molar-refractivity contribution is 0.224. The molecule has 3 aliphatic rings. The minimum atomic E-state index is 0.771. The Morgan fingerprint density at radius 2 is 1.29 bits per heavy atom. The SMILES string of the molecule is Nc1cnc2c(c1)N(CCCCCCN1CCCCC1)CCN2CCNCCCN1CCCCC1. The number of aromatic nitrogens is 1. The van der Waals surface area contributed by atoms with Crippen LogP contribution < -0.4 is 20.9 Å². The molecule has 2 saturated heterocycles. The van der Waals surface area contributed by atoms with Crippen molar-refractivity contribution in [2.24, 2.45) is 0 Å². The molecule has 7 heteroatoms. The molecular weight excluding hydrogens is 434 g/mol. The molecule has 0 radical (unpaired) electrons. The molecule has 4 heterocycles. The molecule has 198 valence electrons. The molecule has 0 saturated carbocycles. The molecule has 1 aromatic rings. The van der Waals surface area contributed by atoms with Gasteiger partial charge in [-0.1, -0.05) is 25.7 Å². The minimum absolute atomic E-state index is 0.771. The van der Waals surface area contributed by atoms with Crippen LogP contribution in [0.4, 0.5) is 17.2 Å². The second-order valence-electron chi connectivity index (χ2n) is 10.9. The largest absolute Gasteiger partial charge is 0.397 e. The number of hydrogen-bond acceptors (Lipinski definition) is 7. The summed E-state index contributed by atoms with van der Waals surface area (Å²) in [4.78, 5) is 15.0. The van der Waals surface area contributed by atoms with E-state index in [1.165, 1.54) is 116 Å². The fraction of sp³-hybridized carbons (Fsp3) is 0.821. The zero-order chi connectivity index (χ0) is 24.1. The van der Waals surface area contributed by atoms with Crippen LogP contribution >= 0.6 is 0 Å². The first kappa shape index (κ1) is 26.5. The third-order valence-corrected chi connectivity index (χ3v) is 8.08. The number of nitrogens with two attached hydrogens (primary N) is 1. The Morgan fingerprint density at radius 1 is 0.657 bits per heavy atom. The van der Waals surface area contributed by atoms with E-state index in [1.807, 2.05) is 6.20 Å². The summed E-state index contributed by atoms with van der Waals surface area (Å²) >= 11 is 0. The van der Waals surface area contributed by atoms with Gasteiger partial charge >= 0.3 is 0 Å². The van der Waals surface area contributed by atoms with Crippen molar-refractivity contribution in [3.05, 3.63) is 12.3 Å². The molecule has 3 N–H and O–H groups in total. The Bertz CT molecular complexity index is 715. The van der Waals surface area contributed by atoms with Gasteiger partial charge in [0.2, 0.25) is 0 Å². The van der Waals surface area contributed by atoms with E-state index in [1.54, 1.807) is 0 Å². The van der Waals surface area contributed by atoms with E-state index in [2.05, 4.69) is 31.0 Å². The van der Waals surface area contributed by atoms with E-state index < -0.39 is 0 Å². The number of rotatable bonds is 14. The third-order valence-electron chi connectivity index (χ3n) is 8.08. The predicted molar refractivity (Wildman–Crippen MR) is 150 cm³/mol. The third kappa shape index (κ3) is 8.80. The summed E-state index contributed by atoms with van der Waals surface area (Å²) in [6.07, 6.45) is 16.8. The number of nitrogens with one attached hydrogen (secondary N) is 1. The van der Waals surface area contributed by atoms with E-state index in [4.69, 9.17) is 10.7 Å². The minimum Gasteiger partial charge on any atom is -0.397 e. The highest BCUT2D eigenvalue weighted by Crippen LogP contribution is 2.32. The van der Waals surface area contributed by atoms with Crippen LogP contribution in [0.1, 0.15) is 70.6 Å². The van der Waals surface area contributed by atoms with Crippen molar-refractivity contribution >= 4 is 17.2 Å². The van der Waals surface area contributed by atoms with Gasteiger partial charge in [0.25, 0.3) is 0 Å². The van der Waals surface area contributed by atoms with Crippen LogP contribution in [-0.2, 0) is 0 Å². The van der Waals surface area contributed by atoms with Crippen LogP contribution in [0.2, 0.25) is 0 Å². The number of nitrogen functional groups attached to an aromatic ring is 1. The second kappa shape index (κ2) is 14.9. The molecule has 0 unspecified atom stereocenters. The number of pyridine rings is 1. The molecular formula is C28H51N7. The number of unbranched alkanes of at least 4 members (excludes halogenated alkanes) is 3. The van der Waals surface area contributed by atoms with Crippen molar-refractivity contribution in [3.63, 3.8) is 0 Å². The van der Waals surface area contributed by atoms with Crippen LogP contribution in [0.5, 0.6) is 0 Å². The van der Waals surface area contributed by atoms with Gasteiger partial charge in [0.1, 0.15) is 0 Å². The van der Waals surface area contributed by atoms with E-state index in [0.29, 0.717) is 0 Å². The normalized spacial score (nSPS) is 19.8. The summed E-state index contributed by atoms with van der Waals surface area (Å²) in [5, 5.41) is 3.67. The molecule has 0 aliphatic carbocycles. The highest BCUT2D eigenvalue weighted by atomic mass is 15.3. The first-order valence-corrected chi connectivity index (χ1v) is 14.7. The van der Waals surface area contributed by atoms with Gasteiger partial charge in [0.15, 0.2) is 5.82 Å².